The molecule has 0 aliphatic carbocycles. The molecule has 0 saturated carbocycles. The monoisotopic (exact) mass is 258 g/mol. The van der Waals surface area contributed by atoms with Crippen LogP contribution in [0.2, 0.25) is 0 Å². The third-order valence-corrected chi connectivity index (χ3v) is 3.50. The molecule has 0 amide bonds. The molecule has 2 rings (SSSR count). The van der Waals surface area contributed by atoms with Crippen LogP contribution in [0.4, 0.5) is 0 Å². The molecule has 19 heavy (non-hydrogen) atoms. The molecular weight excluding hydrogens is 236 g/mol. The zero-order valence-corrected chi connectivity index (χ0v) is 11.6. The average molecular weight is 258 g/mol. The Morgan fingerprint density at radius 1 is 1.26 bits per heavy atom. The van der Waals surface area contributed by atoms with Crippen molar-refractivity contribution in [2.45, 2.75) is 39.2 Å². The molecule has 0 spiro atoms. The van der Waals surface area contributed by atoms with E-state index in [1.807, 2.05) is 30.3 Å². The van der Waals surface area contributed by atoms with Gasteiger partial charge in [-0.2, -0.15) is 5.10 Å². The van der Waals surface area contributed by atoms with Crippen molar-refractivity contribution in [2.24, 2.45) is 5.92 Å². The minimum absolute atomic E-state index is 0.449. The maximum atomic E-state index is 10.4. The van der Waals surface area contributed by atoms with Crippen molar-refractivity contribution in [3.63, 3.8) is 0 Å². The fourth-order valence-electron chi connectivity index (χ4n) is 2.50. The molecule has 2 N–H and O–H groups in total. The van der Waals surface area contributed by atoms with E-state index in [4.69, 9.17) is 0 Å². The van der Waals surface area contributed by atoms with Gasteiger partial charge in [-0.05, 0) is 17.9 Å². The quantitative estimate of drug-likeness (QED) is 0.824. The molecule has 102 valence electrons. The van der Waals surface area contributed by atoms with Crippen molar-refractivity contribution in [1.82, 2.24) is 10.2 Å². The van der Waals surface area contributed by atoms with Crippen molar-refractivity contribution in [1.29, 1.82) is 0 Å². The molecule has 0 fully saturated rings. The third-order valence-electron chi connectivity index (χ3n) is 3.50. The number of nitrogens with one attached hydrogen (secondary N) is 1. The minimum Gasteiger partial charge on any atom is -0.388 e. The second-order valence-electron chi connectivity index (χ2n) is 5.21. The van der Waals surface area contributed by atoms with Gasteiger partial charge in [0.2, 0.25) is 0 Å². The third kappa shape index (κ3) is 3.44. The maximum absolute atomic E-state index is 10.4. The zero-order chi connectivity index (χ0) is 13.7. The van der Waals surface area contributed by atoms with E-state index in [9.17, 15) is 5.11 Å². The molecule has 3 heteroatoms. The highest BCUT2D eigenvalue weighted by Crippen LogP contribution is 2.30. The lowest BCUT2D eigenvalue weighted by Gasteiger charge is -2.16. The smallest absolute Gasteiger partial charge is 0.0829 e. The van der Waals surface area contributed by atoms with E-state index < -0.39 is 6.10 Å². The lowest BCUT2D eigenvalue weighted by molar-refractivity contribution is 0.145. The van der Waals surface area contributed by atoms with E-state index in [0.29, 0.717) is 5.92 Å². The Labute approximate surface area is 114 Å². The number of nitrogens with zero attached hydrogens (tertiary/aromatic N) is 1. The molecule has 0 aliphatic heterocycles. The number of H-pyrrole nitrogens is 1. The van der Waals surface area contributed by atoms with E-state index in [1.165, 1.54) is 0 Å². The Morgan fingerprint density at radius 3 is 2.68 bits per heavy atom. The maximum Gasteiger partial charge on any atom is 0.0829 e. The van der Waals surface area contributed by atoms with Crippen LogP contribution in [0.5, 0.6) is 0 Å². The van der Waals surface area contributed by atoms with Gasteiger partial charge in [0.25, 0.3) is 0 Å². The molecule has 3 nitrogen and oxygen atoms in total. The summed E-state index contributed by atoms with van der Waals surface area (Å²) >= 11 is 0. The Balaban J connectivity index is 2.15. The number of hydrogen-bond acceptors (Lipinski definition) is 2. The fraction of sp³-hybridized carbons (Fsp3) is 0.438. The van der Waals surface area contributed by atoms with E-state index in [2.05, 4.69) is 24.0 Å². The van der Waals surface area contributed by atoms with Crippen LogP contribution in [0.25, 0.3) is 11.3 Å². The van der Waals surface area contributed by atoms with Crippen LogP contribution in [-0.2, 0) is 0 Å². The molecule has 0 saturated heterocycles. The number of rotatable bonds is 6. The first-order valence-corrected chi connectivity index (χ1v) is 6.99. The Bertz CT molecular complexity index is 492. The first kappa shape index (κ1) is 13.8. The van der Waals surface area contributed by atoms with Gasteiger partial charge in [0.05, 0.1) is 18.0 Å². The van der Waals surface area contributed by atoms with Crippen LogP contribution >= 0.6 is 0 Å². The van der Waals surface area contributed by atoms with Crippen molar-refractivity contribution in [3.8, 4) is 11.3 Å². The highest BCUT2D eigenvalue weighted by Gasteiger charge is 2.18. The SMILES string of the molecule is CCCC(C)CC(O)c1cn[nH]c1-c1ccccc1. The van der Waals surface area contributed by atoms with Gasteiger partial charge < -0.3 is 5.11 Å². The Morgan fingerprint density at radius 2 is 2.00 bits per heavy atom. The van der Waals surface area contributed by atoms with Gasteiger partial charge in [0.1, 0.15) is 0 Å². The highest BCUT2D eigenvalue weighted by molar-refractivity contribution is 5.62. The normalized spacial score (nSPS) is 14.3. The first-order chi connectivity index (χ1) is 9.22. The Hall–Kier alpha value is -1.61. The molecule has 2 unspecified atom stereocenters. The van der Waals surface area contributed by atoms with Crippen LogP contribution in [0.3, 0.4) is 0 Å². The van der Waals surface area contributed by atoms with E-state index in [-0.39, 0.29) is 0 Å². The molecule has 0 radical (unpaired) electrons. The topological polar surface area (TPSA) is 48.9 Å². The van der Waals surface area contributed by atoms with Gasteiger partial charge in [-0.3, -0.25) is 5.10 Å². The highest BCUT2D eigenvalue weighted by atomic mass is 16.3. The fourth-order valence-corrected chi connectivity index (χ4v) is 2.50. The van der Waals surface area contributed by atoms with Crippen molar-refractivity contribution < 1.29 is 5.11 Å². The van der Waals surface area contributed by atoms with Crippen molar-refractivity contribution >= 4 is 0 Å². The van der Waals surface area contributed by atoms with E-state index >= 15 is 0 Å². The number of aromatic amines is 1. The van der Waals surface area contributed by atoms with Crippen molar-refractivity contribution in [3.05, 3.63) is 42.1 Å². The molecule has 0 aliphatic rings. The largest absolute Gasteiger partial charge is 0.388 e. The van der Waals surface area contributed by atoms with E-state index in [1.54, 1.807) is 6.20 Å². The summed E-state index contributed by atoms with van der Waals surface area (Å²) in [5.41, 5.74) is 2.89. The van der Waals surface area contributed by atoms with Gasteiger partial charge in [0.15, 0.2) is 0 Å². The minimum atomic E-state index is -0.449. The lowest BCUT2D eigenvalue weighted by Crippen LogP contribution is -2.05. The lowest BCUT2D eigenvalue weighted by atomic mass is 9.94. The number of aromatic nitrogens is 2. The summed E-state index contributed by atoms with van der Waals surface area (Å²) in [6.45, 7) is 4.37. The summed E-state index contributed by atoms with van der Waals surface area (Å²) in [4.78, 5) is 0. The van der Waals surface area contributed by atoms with Crippen LogP contribution in [0.1, 0.15) is 44.8 Å². The van der Waals surface area contributed by atoms with Gasteiger partial charge in [-0.25, -0.2) is 0 Å². The number of benzene rings is 1. The summed E-state index contributed by atoms with van der Waals surface area (Å²) in [7, 11) is 0. The molecule has 1 aromatic heterocycles. The van der Waals surface area contributed by atoms with E-state index in [0.717, 1.165) is 36.1 Å². The van der Waals surface area contributed by atoms with Crippen molar-refractivity contribution in [2.75, 3.05) is 0 Å². The van der Waals surface area contributed by atoms with Crippen LogP contribution in [0, 0.1) is 5.92 Å². The first-order valence-electron chi connectivity index (χ1n) is 6.99. The molecule has 0 bridgehead atoms. The van der Waals surface area contributed by atoms with Gasteiger partial charge >= 0.3 is 0 Å². The molecule has 1 aromatic carbocycles. The van der Waals surface area contributed by atoms with Gasteiger partial charge in [0, 0.05) is 5.56 Å². The predicted octanol–water partition coefficient (Wildman–Crippen LogP) is 3.94. The number of aliphatic hydroxyl groups is 1. The van der Waals surface area contributed by atoms with Crippen LogP contribution in [0.15, 0.2) is 36.5 Å². The molecule has 1 heterocycles. The average Bonchev–Trinajstić information content (AvgIpc) is 2.89. The Kier molecular flexibility index (Phi) is 4.74. The summed E-state index contributed by atoms with van der Waals surface area (Å²) < 4.78 is 0. The molecule has 2 atom stereocenters. The van der Waals surface area contributed by atoms with Gasteiger partial charge in [-0.15, -0.1) is 0 Å². The van der Waals surface area contributed by atoms with Crippen LogP contribution in [-0.4, -0.2) is 15.3 Å². The standard InChI is InChI=1S/C16H22N2O/c1-3-7-12(2)10-15(19)14-11-17-18-16(14)13-8-5-4-6-9-13/h4-6,8-9,11-12,15,19H,3,7,10H2,1-2H3,(H,17,18). The van der Waals surface area contributed by atoms with Crippen LogP contribution < -0.4 is 0 Å². The second-order valence-corrected chi connectivity index (χ2v) is 5.21. The predicted molar refractivity (Wildman–Crippen MR) is 77.7 cm³/mol. The summed E-state index contributed by atoms with van der Waals surface area (Å²) in [6.07, 6.45) is 4.38. The number of aliphatic hydroxyl groups excluding tert-OH is 1. The summed E-state index contributed by atoms with van der Waals surface area (Å²) in [6, 6.07) is 10.0. The molecular formula is C16H22N2O. The summed E-state index contributed by atoms with van der Waals surface area (Å²) in [5.74, 6) is 0.526. The zero-order valence-electron chi connectivity index (χ0n) is 11.6. The second kappa shape index (κ2) is 6.53. The summed E-state index contributed by atoms with van der Waals surface area (Å²) in [5, 5.41) is 17.5. The molecule has 2 aromatic rings. The van der Waals surface area contributed by atoms with Gasteiger partial charge in [-0.1, -0.05) is 57.0 Å². The number of hydrogen-bond donors (Lipinski definition) is 2.